The molecule has 0 atom stereocenters. The summed E-state index contributed by atoms with van der Waals surface area (Å²) in [7, 11) is 0. The van der Waals surface area contributed by atoms with Gasteiger partial charge in [-0.25, -0.2) is 4.39 Å². The number of carbonyl (C=O) groups is 2. The Hall–Kier alpha value is -2.71. The first-order valence-corrected chi connectivity index (χ1v) is 9.06. The molecule has 0 aliphatic heterocycles. The molecule has 3 rings (SSSR count). The van der Waals surface area contributed by atoms with Gasteiger partial charge in [-0.2, -0.15) is 0 Å². The molecule has 2 heterocycles. The highest BCUT2D eigenvalue weighted by molar-refractivity contribution is 7.18. The second kappa shape index (κ2) is 7.50. The van der Waals surface area contributed by atoms with Gasteiger partial charge in [0, 0.05) is 0 Å². The van der Waals surface area contributed by atoms with Crippen molar-refractivity contribution in [3.8, 4) is 0 Å². The molecule has 0 saturated heterocycles. The van der Waals surface area contributed by atoms with E-state index in [1.807, 2.05) is 0 Å². The number of amides is 2. The number of nitrogens with one attached hydrogen (secondary N) is 2. The lowest BCUT2D eigenvalue weighted by Crippen LogP contribution is -2.12. The number of halogens is 2. The monoisotopic (exact) mass is 407 g/mol. The standard InChI is InChI=1S/C18H15ClFN3O3S/c1-8-6-14(21-17(24)12-5-4-11(20)7-13(12)19)27-16(8)18(25)22-15-9(2)23-26-10(15)3/h4-7H,1-3H3,(H,21,24)(H,22,25). The van der Waals surface area contributed by atoms with E-state index in [2.05, 4.69) is 15.8 Å². The Balaban J connectivity index is 1.78. The number of hydrogen-bond donors (Lipinski definition) is 2. The molecule has 2 N–H and O–H groups in total. The normalized spacial score (nSPS) is 10.7. The maximum Gasteiger partial charge on any atom is 0.266 e. The summed E-state index contributed by atoms with van der Waals surface area (Å²) < 4.78 is 18.2. The van der Waals surface area contributed by atoms with Gasteiger partial charge < -0.3 is 15.2 Å². The Morgan fingerprint density at radius 3 is 2.52 bits per heavy atom. The van der Waals surface area contributed by atoms with E-state index < -0.39 is 11.7 Å². The van der Waals surface area contributed by atoms with Crippen LogP contribution in [0.3, 0.4) is 0 Å². The molecule has 27 heavy (non-hydrogen) atoms. The molecular weight excluding hydrogens is 393 g/mol. The molecule has 0 aliphatic rings. The zero-order valence-corrected chi connectivity index (χ0v) is 16.2. The van der Waals surface area contributed by atoms with Crippen molar-refractivity contribution in [2.45, 2.75) is 20.8 Å². The van der Waals surface area contributed by atoms with Crippen LogP contribution in [-0.4, -0.2) is 17.0 Å². The number of hydrogen-bond acceptors (Lipinski definition) is 5. The van der Waals surface area contributed by atoms with Gasteiger partial charge in [-0.15, -0.1) is 11.3 Å². The highest BCUT2D eigenvalue weighted by atomic mass is 35.5. The van der Waals surface area contributed by atoms with E-state index in [1.54, 1.807) is 26.8 Å². The van der Waals surface area contributed by atoms with Crippen molar-refractivity contribution >= 4 is 45.4 Å². The summed E-state index contributed by atoms with van der Waals surface area (Å²) in [5, 5.41) is 9.73. The molecule has 2 amide bonds. The van der Waals surface area contributed by atoms with Crippen LogP contribution in [0.1, 0.15) is 37.0 Å². The Bertz CT molecular complexity index is 1030. The largest absolute Gasteiger partial charge is 0.359 e. The summed E-state index contributed by atoms with van der Waals surface area (Å²) in [5.74, 6) is -0.831. The van der Waals surface area contributed by atoms with Gasteiger partial charge >= 0.3 is 0 Å². The predicted molar refractivity (Wildman–Crippen MR) is 102 cm³/mol. The summed E-state index contributed by atoms with van der Waals surface area (Å²) in [6.07, 6.45) is 0. The molecule has 6 nitrogen and oxygen atoms in total. The van der Waals surface area contributed by atoms with Crippen molar-refractivity contribution in [1.29, 1.82) is 0 Å². The van der Waals surface area contributed by atoms with Crippen LogP contribution < -0.4 is 10.6 Å². The van der Waals surface area contributed by atoms with Crippen LogP contribution in [0.5, 0.6) is 0 Å². The van der Waals surface area contributed by atoms with E-state index in [-0.39, 0.29) is 16.5 Å². The Morgan fingerprint density at radius 1 is 1.15 bits per heavy atom. The zero-order valence-electron chi connectivity index (χ0n) is 14.6. The highest BCUT2D eigenvalue weighted by Gasteiger charge is 2.19. The fraction of sp³-hybridized carbons (Fsp3) is 0.167. The average molecular weight is 408 g/mol. The molecule has 0 unspecified atom stereocenters. The third-order valence-electron chi connectivity index (χ3n) is 3.81. The molecule has 0 fully saturated rings. The molecule has 0 spiro atoms. The molecule has 0 bridgehead atoms. The van der Waals surface area contributed by atoms with Crippen molar-refractivity contribution in [3.63, 3.8) is 0 Å². The number of thiophene rings is 1. The maximum atomic E-state index is 13.1. The fourth-order valence-corrected chi connectivity index (χ4v) is 3.67. The number of aromatic nitrogens is 1. The van der Waals surface area contributed by atoms with E-state index in [0.29, 0.717) is 32.6 Å². The SMILES string of the molecule is Cc1cc(NC(=O)c2ccc(F)cc2Cl)sc1C(=O)Nc1c(C)noc1C. The van der Waals surface area contributed by atoms with Crippen molar-refractivity contribution in [3.05, 3.63) is 62.6 Å². The summed E-state index contributed by atoms with van der Waals surface area (Å²) in [5.41, 5.74) is 1.95. The van der Waals surface area contributed by atoms with Gasteiger partial charge in [-0.05, 0) is 50.6 Å². The Morgan fingerprint density at radius 2 is 1.89 bits per heavy atom. The predicted octanol–water partition coefficient (Wildman–Crippen LogP) is 4.96. The molecule has 0 radical (unpaired) electrons. The maximum absolute atomic E-state index is 13.1. The third-order valence-corrected chi connectivity index (χ3v) is 5.27. The van der Waals surface area contributed by atoms with Crippen LogP contribution in [0.15, 0.2) is 28.8 Å². The first kappa shape index (κ1) is 19.1. The first-order valence-electron chi connectivity index (χ1n) is 7.87. The topological polar surface area (TPSA) is 84.2 Å². The lowest BCUT2D eigenvalue weighted by Gasteiger charge is -2.05. The number of nitrogens with zero attached hydrogens (tertiary/aromatic N) is 1. The van der Waals surface area contributed by atoms with Crippen molar-refractivity contribution in [1.82, 2.24) is 5.16 Å². The van der Waals surface area contributed by atoms with Crippen LogP contribution in [0.25, 0.3) is 0 Å². The van der Waals surface area contributed by atoms with Gasteiger partial charge in [0.1, 0.15) is 17.2 Å². The summed E-state index contributed by atoms with van der Waals surface area (Å²) in [6.45, 7) is 5.19. The van der Waals surface area contributed by atoms with Crippen LogP contribution in [0, 0.1) is 26.6 Å². The lowest BCUT2D eigenvalue weighted by atomic mass is 10.2. The molecule has 9 heteroatoms. The minimum atomic E-state index is -0.526. The van der Waals surface area contributed by atoms with Crippen LogP contribution in [-0.2, 0) is 0 Å². The zero-order chi connectivity index (χ0) is 19.7. The fourth-order valence-electron chi connectivity index (χ4n) is 2.45. The van der Waals surface area contributed by atoms with Crippen molar-refractivity contribution in [2.24, 2.45) is 0 Å². The van der Waals surface area contributed by atoms with E-state index in [1.165, 1.54) is 6.07 Å². The quantitative estimate of drug-likeness (QED) is 0.640. The second-order valence-electron chi connectivity index (χ2n) is 5.85. The van der Waals surface area contributed by atoms with E-state index in [4.69, 9.17) is 16.1 Å². The van der Waals surface area contributed by atoms with E-state index in [0.717, 1.165) is 23.5 Å². The highest BCUT2D eigenvalue weighted by Crippen LogP contribution is 2.29. The van der Waals surface area contributed by atoms with Gasteiger partial charge in [-0.1, -0.05) is 16.8 Å². The van der Waals surface area contributed by atoms with E-state index in [9.17, 15) is 14.0 Å². The van der Waals surface area contributed by atoms with Crippen LogP contribution in [0.2, 0.25) is 5.02 Å². The average Bonchev–Trinajstić information content (AvgIpc) is 3.11. The molecule has 0 aliphatic carbocycles. The first-order chi connectivity index (χ1) is 12.8. The molecule has 1 aromatic carbocycles. The molecule has 0 saturated carbocycles. The number of anilines is 2. The van der Waals surface area contributed by atoms with Gasteiger partial charge in [0.15, 0.2) is 5.76 Å². The third kappa shape index (κ3) is 4.01. The van der Waals surface area contributed by atoms with Crippen molar-refractivity contribution in [2.75, 3.05) is 10.6 Å². The lowest BCUT2D eigenvalue weighted by molar-refractivity contribution is 0.102. The smallest absolute Gasteiger partial charge is 0.266 e. The summed E-state index contributed by atoms with van der Waals surface area (Å²) >= 11 is 7.03. The number of aryl methyl sites for hydroxylation is 3. The summed E-state index contributed by atoms with van der Waals surface area (Å²) in [6, 6.07) is 5.21. The number of benzene rings is 1. The number of carbonyl (C=O) groups excluding carboxylic acids is 2. The number of rotatable bonds is 4. The molecule has 140 valence electrons. The van der Waals surface area contributed by atoms with Gasteiger partial charge in [-0.3, -0.25) is 9.59 Å². The van der Waals surface area contributed by atoms with Gasteiger partial charge in [0.05, 0.1) is 20.5 Å². The molecule has 2 aromatic heterocycles. The Labute approximate surface area is 163 Å². The minimum Gasteiger partial charge on any atom is -0.359 e. The molecule has 3 aromatic rings. The van der Waals surface area contributed by atoms with Gasteiger partial charge in [0.2, 0.25) is 0 Å². The van der Waals surface area contributed by atoms with Crippen LogP contribution >= 0.6 is 22.9 Å². The summed E-state index contributed by atoms with van der Waals surface area (Å²) in [4.78, 5) is 25.3. The van der Waals surface area contributed by atoms with Crippen molar-refractivity contribution < 1.29 is 18.5 Å². The van der Waals surface area contributed by atoms with Gasteiger partial charge in [0.25, 0.3) is 11.8 Å². The van der Waals surface area contributed by atoms with E-state index >= 15 is 0 Å². The Kier molecular flexibility index (Phi) is 5.29. The minimum absolute atomic E-state index is 0.0113. The van der Waals surface area contributed by atoms with Crippen LogP contribution in [0.4, 0.5) is 15.1 Å². The second-order valence-corrected chi connectivity index (χ2v) is 7.31. The molecular formula is C18H15ClFN3O3S.